The minimum atomic E-state index is 0.533. The lowest BCUT2D eigenvalue weighted by atomic mass is 10.1. The molecule has 0 atom stereocenters. The van der Waals surface area contributed by atoms with E-state index < -0.39 is 0 Å². The molecule has 0 spiro atoms. The number of nitrogens with one attached hydrogen (secondary N) is 1. The van der Waals surface area contributed by atoms with Crippen molar-refractivity contribution in [1.29, 1.82) is 0 Å². The maximum atomic E-state index is 5.65. The van der Waals surface area contributed by atoms with Gasteiger partial charge in [-0.1, -0.05) is 30.3 Å². The molecular weight excluding hydrogens is 236 g/mol. The fourth-order valence-corrected chi connectivity index (χ4v) is 2.04. The Labute approximate surface area is 111 Å². The van der Waals surface area contributed by atoms with E-state index in [0.717, 1.165) is 27.8 Å². The zero-order chi connectivity index (χ0) is 13.1. The van der Waals surface area contributed by atoms with Crippen LogP contribution in [0.3, 0.4) is 0 Å². The van der Waals surface area contributed by atoms with Gasteiger partial charge in [-0.05, 0) is 23.8 Å². The molecule has 3 N–H and O–H groups in total. The van der Waals surface area contributed by atoms with Gasteiger partial charge < -0.3 is 11.1 Å². The molecule has 0 amide bonds. The van der Waals surface area contributed by atoms with Crippen LogP contribution in [0.15, 0.2) is 54.7 Å². The summed E-state index contributed by atoms with van der Waals surface area (Å²) in [5.74, 6) is 0. The summed E-state index contributed by atoms with van der Waals surface area (Å²) in [4.78, 5) is 0. The Bertz CT molecular complexity index is 704. The second kappa shape index (κ2) is 5.04. The highest BCUT2D eigenvalue weighted by Crippen LogP contribution is 2.24. The molecule has 0 radical (unpaired) electrons. The predicted octanol–water partition coefficient (Wildman–Crippen LogP) is 2.83. The van der Waals surface area contributed by atoms with Crippen molar-refractivity contribution in [3.63, 3.8) is 0 Å². The lowest BCUT2D eigenvalue weighted by Gasteiger charge is -2.09. The van der Waals surface area contributed by atoms with E-state index in [4.69, 9.17) is 5.73 Å². The fraction of sp³-hybridized carbons (Fsp3) is 0.0667. The van der Waals surface area contributed by atoms with Crippen LogP contribution in [0.4, 0.5) is 11.4 Å². The summed E-state index contributed by atoms with van der Waals surface area (Å²) < 4.78 is 0. The Balaban J connectivity index is 2.01. The molecule has 2 aromatic carbocycles. The fourth-order valence-electron chi connectivity index (χ4n) is 2.04. The molecule has 1 aromatic heterocycles. The molecule has 0 aliphatic heterocycles. The molecule has 19 heavy (non-hydrogen) atoms. The molecule has 0 saturated heterocycles. The summed E-state index contributed by atoms with van der Waals surface area (Å²) in [6.07, 6.45) is 1.73. The monoisotopic (exact) mass is 250 g/mol. The molecule has 3 aromatic rings. The van der Waals surface area contributed by atoms with Gasteiger partial charge in [0.2, 0.25) is 0 Å². The third kappa shape index (κ3) is 2.39. The van der Waals surface area contributed by atoms with Gasteiger partial charge >= 0.3 is 0 Å². The van der Waals surface area contributed by atoms with E-state index >= 15 is 0 Å². The van der Waals surface area contributed by atoms with Gasteiger partial charge in [0.25, 0.3) is 0 Å². The minimum Gasteiger partial charge on any atom is -0.354 e. The van der Waals surface area contributed by atoms with E-state index in [1.165, 1.54) is 0 Å². The Morgan fingerprint density at radius 2 is 1.95 bits per heavy atom. The standard InChI is InChI=1S/C15H14N4/c16-9-11-4-3-5-12(8-11)18-15-10-17-19-14-7-2-1-6-13(14)15/h1-8,10H,9,16H2,(H,18,19). The number of nitrogens with zero attached hydrogens (tertiary/aromatic N) is 2. The van der Waals surface area contributed by atoms with Crippen LogP contribution < -0.4 is 11.1 Å². The number of hydrogen-bond donors (Lipinski definition) is 2. The maximum absolute atomic E-state index is 5.65. The summed E-state index contributed by atoms with van der Waals surface area (Å²) in [5, 5.41) is 12.5. The molecule has 0 bridgehead atoms. The number of nitrogens with two attached hydrogens (primary N) is 1. The van der Waals surface area contributed by atoms with Crippen molar-refractivity contribution in [1.82, 2.24) is 10.2 Å². The lowest BCUT2D eigenvalue weighted by Crippen LogP contribution is -1.98. The van der Waals surface area contributed by atoms with Crippen LogP contribution in [0, 0.1) is 0 Å². The first-order valence-electron chi connectivity index (χ1n) is 6.13. The SMILES string of the molecule is NCc1cccc(Nc2cnnc3ccccc23)c1. The van der Waals surface area contributed by atoms with Crippen LogP contribution in [-0.4, -0.2) is 10.2 Å². The summed E-state index contributed by atoms with van der Waals surface area (Å²) in [6.45, 7) is 0.533. The number of fused-ring (bicyclic) bond motifs is 1. The number of hydrogen-bond acceptors (Lipinski definition) is 4. The van der Waals surface area contributed by atoms with Gasteiger partial charge in [-0.25, -0.2) is 0 Å². The molecule has 0 unspecified atom stereocenters. The summed E-state index contributed by atoms with van der Waals surface area (Å²) in [5.41, 5.74) is 9.57. The molecule has 0 aliphatic carbocycles. The van der Waals surface area contributed by atoms with E-state index in [-0.39, 0.29) is 0 Å². The van der Waals surface area contributed by atoms with Crippen molar-refractivity contribution in [2.24, 2.45) is 5.73 Å². The van der Waals surface area contributed by atoms with Crippen molar-refractivity contribution in [3.8, 4) is 0 Å². The summed E-state index contributed by atoms with van der Waals surface area (Å²) in [6, 6.07) is 16.0. The van der Waals surface area contributed by atoms with E-state index in [1.807, 2.05) is 48.5 Å². The largest absolute Gasteiger partial charge is 0.354 e. The first-order chi connectivity index (χ1) is 9.36. The maximum Gasteiger partial charge on any atom is 0.0950 e. The second-order valence-corrected chi connectivity index (χ2v) is 4.30. The Morgan fingerprint density at radius 1 is 1.05 bits per heavy atom. The number of rotatable bonds is 3. The van der Waals surface area contributed by atoms with Gasteiger partial charge in [0.05, 0.1) is 17.4 Å². The zero-order valence-electron chi connectivity index (χ0n) is 10.4. The van der Waals surface area contributed by atoms with Crippen molar-refractivity contribution in [2.75, 3.05) is 5.32 Å². The van der Waals surface area contributed by atoms with Gasteiger partial charge in [-0.3, -0.25) is 0 Å². The first kappa shape index (κ1) is 11.6. The van der Waals surface area contributed by atoms with E-state index in [9.17, 15) is 0 Å². The topological polar surface area (TPSA) is 63.8 Å². The number of aromatic nitrogens is 2. The lowest BCUT2D eigenvalue weighted by molar-refractivity contribution is 1.07. The molecule has 0 saturated carbocycles. The van der Waals surface area contributed by atoms with Crippen LogP contribution >= 0.6 is 0 Å². The summed E-state index contributed by atoms with van der Waals surface area (Å²) in [7, 11) is 0. The van der Waals surface area contributed by atoms with Gasteiger partial charge in [0.1, 0.15) is 0 Å². The van der Waals surface area contributed by atoms with Crippen LogP contribution in [-0.2, 0) is 6.54 Å². The highest BCUT2D eigenvalue weighted by Gasteiger charge is 2.02. The molecule has 94 valence electrons. The van der Waals surface area contributed by atoms with Gasteiger partial charge in [-0.15, -0.1) is 0 Å². The van der Waals surface area contributed by atoms with Gasteiger partial charge in [0, 0.05) is 17.6 Å². The minimum absolute atomic E-state index is 0.533. The zero-order valence-corrected chi connectivity index (χ0v) is 10.4. The van der Waals surface area contributed by atoms with Crippen LogP contribution in [0.25, 0.3) is 10.9 Å². The smallest absolute Gasteiger partial charge is 0.0950 e. The highest BCUT2D eigenvalue weighted by atomic mass is 15.1. The molecule has 1 heterocycles. The van der Waals surface area contributed by atoms with Crippen molar-refractivity contribution in [3.05, 3.63) is 60.3 Å². The normalized spacial score (nSPS) is 10.6. The molecular formula is C15H14N4. The van der Waals surface area contributed by atoms with E-state index in [0.29, 0.717) is 6.54 Å². The Morgan fingerprint density at radius 3 is 2.84 bits per heavy atom. The van der Waals surface area contributed by atoms with Crippen LogP contribution in [0.5, 0.6) is 0 Å². The van der Waals surface area contributed by atoms with Crippen molar-refractivity contribution >= 4 is 22.3 Å². The van der Waals surface area contributed by atoms with E-state index in [2.05, 4.69) is 15.5 Å². The first-order valence-corrected chi connectivity index (χ1v) is 6.13. The third-order valence-electron chi connectivity index (χ3n) is 2.99. The molecule has 4 heteroatoms. The second-order valence-electron chi connectivity index (χ2n) is 4.30. The highest BCUT2D eigenvalue weighted by molar-refractivity contribution is 5.91. The van der Waals surface area contributed by atoms with Crippen molar-refractivity contribution < 1.29 is 0 Å². The van der Waals surface area contributed by atoms with E-state index in [1.54, 1.807) is 6.20 Å². The third-order valence-corrected chi connectivity index (χ3v) is 2.99. The number of anilines is 2. The van der Waals surface area contributed by atoms with Crippen molar-refractivity contribution in [2.45, 2.75) is 6.54 Å². The molecule has 0 fully saturated rings. The quantitative estimate of drug-likeness (QED) is 0.750. The Kier molecular flexibility index (Phi) is 3.08. The predicted molar refractivity (Wildman–Crippen MR) is 77.2 cm³/mol. The molecule has 4 nitrogen and oxygen atoms in total. The van der Waals surface area contributed by atoms with Crippen LogP contribution in [0.2, 0.25) is 0 Å². The number of benzene rings is 2. The van der Waals surface area contributed by atoms with Crippen LogP contribution in [0.1, 0.15) is 5.56 Å². The summed E-state index contributed by atoms with van der Waals surface area (Å²) >= 11 is 0. The van der Waals surface area contributed by atoms with Gasteiger partial charge in [-0.2, -0.15) is 10.2 Å². The molecule has 0 aliphatic rings. The Hall–Kier alpha value is -2.46. The average molecular weight is 250 g/mol. The average Bonchev–Trinajstić information content (AvgIpc) is 2.48. The molecule has 3 rings (SSSR count). The van der Waals surface area contributed by atoms with Gasteiger partial charge in [0.15, 0.2) is 0 Å².